The molecule has 3 aromatic rings. The first-order valence-corrected chi connectivity index (χ1v) is 9.43. The molecule has 0 bridgehead atoms. The number of hydrogen-bond donors (Lipinski definition) is 1. The third-order valence-corrected chi connectivity index (χ3v) is 5.07. The standard InChI is InChI=1S/C20H19NO6S/c1-4-25-20(24)19-12(3)7-17(28-19)21-16(22)10-26-13-5-6-14-11(2)8-18(23)27-15(14)9-13/h5-9H,4,10H2,1-3H3,(H,21,22). The Morgan fingerprint density at radius 1 is 1.14 bits per heavy atom. The van der Waals surface area contributed by atoms with Crippen molar-refractivity contribution in [2.45, 2.75) is 20.8 Å². The van der Waals surface area contributed by atoms with E-state index in [0.717, 1.165) is 27.8 Å². The van der Waals surface area contributed by atoms with E-state index in [4.69, 9.17) is 13.9 Å². The van der Waals surface area contributed by atoms with Gasteiger partial charge in [0.2, 0.25) is 0 Å². The van der Waals surface area contributed by atoms with Crippen molar-refractivity contribution in [3.05, 3.63) is 56.8 Å². The maximum atomic E-state index is 12.2. The number of fused-ring (bicyclic) bond motifs is 1. The Morgan fingerprint density at radius 2 is 1.93 bits per heavy atom. The molecule has 0 fully saturated rings. The largest absolute Gasteiger partial charge is 0.484 e. The molecular formula is C20H19NO6S. The summed E-state index contributed by atoms with van der Waals surface area (Å²) >= 11 is 1.15. The second-order valence-electron chi connectivity index (χ2n) is 6.09. The lowest BCUT2D eigenvalue weighted by Crippen LogP contribution is -2.19. The minimum absolute atomic E-state index is 0.229. The average Bonchev–Trinajstić information content (AvgIpc) is 3.00. The monoisotopic (exact) mass is 401 g/mol. The lowest BCUT2D eigenvalue weighted by Gasteiger charge is -2.07. The molecule has 2 heterocycles. The Kier molecular flexibility index (Phi) is 5.79. The van der Waals surface area contributed by atoms with Crippen LogP contribution in [0.15, 0.2) is 39.5 Å². The van der Waals surface area contributed by atoms with Gasteiger partial charge in [-0.1, -0.05) is 0 Å². The molecule has 7 nitrogen and oxygen atoms in total. The fourth-order valence-corrected chi connectivity index (χ4v) is 3.64. The van der Waals surface area contributed by atoms with E-state index in [0.29, 0.717) is 21.2 Å². The zero-order valence-corrected chi connectivity index (χ0v) is 16.5. The Morgan fingerprint density at radius 3 is 2.68 bits per heavy atom. The van der Waals surface area contributed by atoms with Gasteiger partial charge in [-0.2, -0.15) is 0 Å². The summed E-state index contributed by atoms with van der Waals surface area (Å²) in [5.41, 5.74) is 1.50. The Balaban J connectivity index is 1.65. The molecule has 0 aliphatic heterocycles. The molecule has 0 spiro atoms. The quantitative estimate of drug-likeness (QED) is 0.500. The summed E-state index contributed by atoms with van der Waals surface area (Å²) in [6.07, 6.45) is 0. The van der Waals surface area contributed by atoms with Crippen molar-refractivity contribution in [3.63, 3.8) is 0 Å². The van der Waals surface area contributed by atoms with Gasteiger partial charge in [0, 0.05) is 17.5 Å². The summed E-state index contributed by atoms with van der Waals surface area (Å²) in [6.45, 7) is 5.39. The van der Waals surface area contributed by atoms with Crippen molar-refractivity contribution >= 4 is 39.2 Å². The number of rotatable bonds is 6. The number of aryl methyl sites for hydroxylation is 2. The molecule has 1 aromatic carbocycles. The topological polar surface area (TPSA) is 94.8 Å². The summed E-state index contributed by atoms with van der Waals surface area (Å²) in [7, 11) is 0. The number of ether oxygens (including phenoxy) is 2. The number of hydrogen-bond acceptors (Lipinski definition) is 7. The normalized spacial score (nSPS) is 10.7. The molecule has 0 aliphatic carbocycles. The predicted octanol–water partition coefficient (Wildman–Crippen LogP) is 3.67. The molecule has 0 unspecified atom stereocenters. The van der Waals surface area contributed by atoms with Gasteiger partial charge in [-0.3, -0.25) is 4.79 Å². The van der Waals surface area contributed by atoms with Crippen LogP contribution < -0.4 is 15.7 Å². The van der Waals surface area contributed by atoms with Crippen LogP contribution in [0.3, 0.4) is 0 Å². The summed E-state index contributed by atoms with van der Waals surface area (Å²) in [6, 6.07) is 8.18. The predicted molar refractivity (Wildman–Crippen MR) is 106 cm³/mol. The molecule has 8 heteroatoms. The Hall–Kier alpha value is -3.13. The lowest BCUT2D eigenvalue weighted by atomic mass is 10.1. The highest BCUT2D eigenvalue weighted by molar-refractivity contribution is 7.18. The van der Waals surface area contributed by atoms with Gasteiger partial charge in [0.1, 0.15) is 16.2 Å². The number of esters is 1. The molecule has 146 valence electrons. The van der Waals surface area contributed by atoms with Gasteiger partial charge in [0.15, 0.2) is 6.61 Å². The maximum Gasteiger partial charge on any atom is 0.348 e. The minimum atomic E-state index is -0.439. The lowest BCUT2D eigenvalue weighted by molar-refractivity contribution is -0.118. The minimum Gasteiger partial charge on any atom is -0.484 e. The van der Waals surface area contributed by atoms with Crippen LogP contribution in [0.25, 0.3) is 11.0 Å². The number of thiophene rings is 1. The van der Waals surface area contributed by atoms with Gasteiger partial charge >= 0.3 is 11.6 Å². The number of benzene rings is 1. The molecule has 0 saturated heterocycles. The van der Waals surface area contributed by atoms with Gasteiger partial charge in [0.05, 0.1) is 11.6 Å². The van der Waals surface area contributed by atoms with Gasteiger partial charge in [-0.25, -0.2) is 9.59 Å². The van der Waals surface area contributed by atoms with Crippen LogP contribution in [-0.4, -0.2) is 25.1 Å². The van der Waals surface area contributed by atoms with E-state index in [9.17, 15) is 14.4 Å². The van der Waals surface area contributed by atoms with E-state index in [1.165, 1.54) is 6.07 Å². The molecule has 0 saturated carbocycles. The highest BCUT2D eigenvalue weighted by atomic mass is 32.1. The van der Waals surface area contributed by atoms with Crippen LogP contribution in [-0.2, 0) is 9.53 Å². The van der Waals surface area contributed by atoms with Crippen LogP contribution >= 0.6 is 11.3 Å². The van der Waals surface area contributed by atoms with E-state index in [2.05, 4.69) is 5.32 Å². The smallest absolute Gasteiger partial charge is 0.348 e. The van der Waals surface area contributed by atoms with Crippen LogP contribution in [0, 0.1) is 13.8 Å². The molecule has 2 aromatic heterocycles. The maximum absolute atomic E-state index is 12.2. The SMILES string of the molecule is CCOC(=O)c1sc(NC(=O)COc2ccc3c(C)cc(=O)oc3c2)cc1C. The number of carbonyl (C=O) groups is 2. The van der Waals surface area contributed by atoms with Gasteiger partial charge < -0.3 is 19.2 Å². The van der Waals surface area contributed by atoms with Crippen LogP contribution in [0.1, 0.15) is 27.7 Å². The van der Waals surface area contributed by atoms with E-state index in [1.807, 2.05) is 6.92 Å². The Bertz CT molecular complexity index is 1100. The molecular weight excluding hydrogens is 382 g/mol. The zero-order valence-electron chi connectivity index (χ0n) is 15.7. The van der Waals surface area contributed by atoms with Crippen molar-refractivity contribution in [1.82, 2.24) is 0 Å². The van der Waals surface area contributed by atoms with Crippen molar-refractivity contribution in [2.24, 2.45) is 0 Å². The van der Waals surface area contributed by atoms with Crippen molar-refractivity contribution in [2.75, 3.05) is 18.5 Å². The number of carbonyl (C=O) groups excluding carboxylic acids is 2. The first kappa shape index (κ1) is 19.6. The third kappa shape index (κ3) is 4.40. The molecule has 3 rings (SSSR count). The third-order valence-electron chi connectivity index (χ3n) is 3.93. The zero-order chi connectivity index (χ0) is 20.3. The summed E-state index contributed by atoms with van der Waals surface area (Å²) in [5, 5.41) is 4.04. The van der Waals surface area contributed by atoms with Crippen LogP contribution in [0.4, 0.5) is 5.00 Å². The van der Waals surface area contributed by atoms with E-state index < -0.39 is 11.6 Å². The second-order valence-corrected chi connectivity index (χ2v) is 7.14. The molecule has 1 amide bonds. The van der Waals surface area contributed by atoms with E-state index >= 15 is 0 Å². The van der Waals surface area contributed by atoms with Crippen molar-refractivity contribution in [1.29, 1.82) is 0 Å². The Labute approximate surface area is 164 Å². The fraction of sp³-hybridized carbons (Fsp3) is 0.250. The average molecular weight is 401 g/mol. The van der Waals surface area contributed by atoms with E-state index in [1.54, 1.807) is 38.1 Å². The number of nitrogens with one attached hydrogen (secondary N) is 1. The van der Waals surface area contributed by atoms with Gasteiger partial charge in [0.25, 0.3) is 5.91 Å². The van der Waals surface area contributed by atoms with Crippen LogP contribution in [0.5, 0.6) is 5.75 Å². The second kappa shape index (κ2) is 8.26. The fourth-order valence-electron chi connectivity index (χ4n) is 2.66. The number of anilines is 1. The molecule has 0 radical (unpaired) electrons. The van der Waals surface area contributed by atoms with Crippen LogP contribution in [0.2, 0.25) is 0 Å². The van der Waals surface area contributed by atoms with Crippen molar-refractivity contribution < 1.29 is 23.5 Å². The molecule has 1 N–H and O–H groups in total. The van der Waals surface area contributed by atoms with E-state index in [-0.39, 0.29) is 19.1 Å². The van der Waals surface area contributed by atoms with Gasteiger partial charge in [-0.05, 0) is 50.1 Å². The molecule has 0 atom stereocenters. The van der Waals surface area contributed by atoms with Gasteiger partial charge in [-0.15, -0.1) is 11.3 Å². The summed E-state index contributed by atoms with van der Waals surface area (Å²) in [5.74, 6) is -0.372. The highest BCUT2D eigenvalue weighted by Crippen LogP contribution is 2.27. The highest BCUT2D eigenvalue weighted by Gasteiger charge is 2.16. The first-order chi connectivity index (χ1) is 13.4. The summed E-state index contributed by atoms with van der Waals surface area (Å²) in [4.78, 5) is 36.0. The molecule has 0 aliphatic rings. The molecule has 28 heavy (non-hydrogen) atoms. The first-order valence-electron chi connectivity index (χ1n) is 8.62. The summed E-state index contributed by atoms with van der Waals surface area (Å²) < 4.78 is 15.6. The number of amides is 1. The van der Waals surface area contributed by atoms with Crippen molar-refractivity contribution in [3.8, 4) is 5.75 Å².